The maximum absolute atomic E-state index is 12.4. The predicted octanol–water partition coefficient (Wildman–Crippen LogP) is 1.60. The molecule has 2 heterocycles. The number of sulfonamides is 1. The van der Waals surface area contributed by atoms with Crippen LogP contribution in [0.2, 0.25) is 0 Å². The minimum Gasteiger partial charge on any atom is -0.352 e. The van der Waals surface area contributed by atoms with Gasteiger partial charge in [-0.2, -0.15) is 0 Å². The Balaban J connectivity index is 2.26. The Morgan fingerprint density at radius 2 is 2.14 bits per heavy atom. The summed E-state index contributed by atoms with van der Waals surface area (Å²) >= 11 is 1.51. The Morgan fingerprint density at radius 1 is 1.48 bits per heavy atom. The number of nitrogens with two attached hydrogens (primary N) is 1. The van der Waals surface area contributed by atoms with Crippen LogP contribution in [0.3, 0.4) is 0 Å². The molecule has 0 bridgehead atoms. The summed E-state index contributed by atoms with van der Waals surface area (Å²) in [5.41, 5.74) is 7.21. The second-order valence-electron chi connectivity index (χ2n) is 5.01. The van der Waals surface area contributed by atoms with Crippen molar-refractivity contribution in [3.63, 3.8) is 0 Å². The first-order chi connectivity index (χ1) is 9.74. The summed E-state index contributed by atoms with van der Waals surface area (Å²) in [7, 11) is -1.80. The van der Waals surface area contributed by atoms with Crippen LogP contribution in [0.5, 0.6) is 0 Å². The quantitative estimate of drug-likeness (QED) is 0.872. The van der Waals surface area contributed by atoms with Crippen molar-refractivity contribution in [3.05, 3.63) is 33.5 Å². The van der Waals surface area contributed by atoms with Gasteiger partial charge in [-0.15, -0.1) is 11.3 Å². The highest BCUT2D eigenvalue weighted by molar-refractivity contribution is 7.89. The van der Waals surface area contributed by atoms with E-state index in [4.69, 9.17) is 5.73 Å². The van der Waals surface area contributed by atoms with E-state index in [1.165, 1.54) is 11.3 Å². The Hall–Kier alpha value is -1.22. The van der Waals surface area contributed by atoms with Crippen LogP contribution < -0.4 is 10.5 Å². The Morgan fingerprint density at radius 3 is 2.62 bits per heavy atom. The second kappa shape index (κ2) is 5.88. The third kappa shape index (κ3) is 3.34. The average Bonchev–Trinajstić information content (AvgIpc) is 2.91. The fourth-order valence-corrected chi connectivity index (χ4v) is 4.54. The predicted molar refractivity (Wildman–Crippen MR) is 83.6 cm³/mol. The van der Waals surface area contributed by atoms with Crippen LogP contribution in [0, 0.1) is 13.8 Å². The van der Waals surface area contributed by atoms with E-state index in [0.717, 1.165) is 21.3 Å². The molecule has 0 radical (unpaired) electrons. The molecule has 21 heavy (non-hydrogen) atoms. The molecule has 116 valence electrons. The molecule has 2 rings (SSSR count). The van der Waals surface area contributed by atoms with E-state index in [0.29, 0.717) is 6.54 Å². The van der Waals surface area contributed by atoms with Crippen LogP contribution in [-0.4, -0.2) is 18.0 Å². The number of rotatable bonds is 5. The number of aromatic nitrogens is 2. The summed E-state index contributed by atoms with van der Waals surface area (Å²) in [4.78, 5) is 5.50. The second-order valence-corrected chi connectivity index (χ2v) is 7.96. The standard InChI is InChI=1S/C13H20N4O2S2/c1-8-13(20-10(3)15-8)9(2)16-21(18,19)12-5-11(6-14)17(4)7-12/h5,7,9,16H,6,14H2,1-4H3. The molecule has 6 nitrogen and oxygen atoms in total. The van der Waals surface area contributed by atoms with Gasteiger partial charge >= 0.3 is 0 Å². The third-order valence-electron chi connectivity index (χ3n) is 3.27. The van der Waals surface area contributed by atoms with E-state index in [1.54, 1.807) is 23.9 Å². The average molecular weight is 328 g/mol. The summed E-state index contributed by atoms with van der Waals surface area (Å²) in [6, 6.07) is 1.28. The number of aryl methyl sites for hydroxylation is 3. The van der Waals surface area contributed by atoms with Gasteiger partial charge in [-0.1, -0.05) is 0 Å². The molecule has 0 saturated carbocycles. The largest absolute Gasteiger partial charge is 0.352 e. The van der Waals surface area contributed by atoms with Crippen molar-refractivity contribution in [3.8, 4) is 0 Å². The molecule has 8 heteroatoms. The van der Waals surface area contributed by atoms with Crippen LogP contribution in [-0.2, 0) is 23.6 Å². The number of hydrogen-bond donors (Lipinski definition) is 2. The van der Waals surface area contributed by atoms with Crippen molar-refractivity contribution in [2.75, 3.05) is 0 Å². The zero-order chi connectivity index (χ0) is 15.8. The van der Waals surface area contributed by atoms with Gasteiger partial charge in [0, 0.05) is 30.4 Å². The first kappa shape index (κ1) is 16.2. The SMILES string of the molecule is Cc1nc(C)c(C(C)NS(=O)(=O)c2cc(CN)n(C)c2)s1. The molecule has 0 saturated heterocycles. The van der Waals surface area contributed by atoms with Crippen molar-refractivity contribution in [1.29, 1.82) is 0 Å². The molecule has 1 atom stereocenters. The summed E-state index contributed by atoms with van der Waals surface area (Å²) in [6.45, 7) is 5.92. The van der Waals surface area contributed by atoms with E-state index in [9.17, 15) is 8.42 Å². The number of hydrogen-bond acceptors (Lipinski definition) is 5. The molecule has 1 unspecified atom stereocenters. The van der Waals surface area contributed by atoms with Crippen molar-refractivity contribution in [1.82, 2.24) is 14.3 Å². The zero-order valence-corrected chi connectivity index (χ0v) is 14.2. The topological polar surface area (TPSA) is 90.0 Å². The van der Waals surface area contributed by atoms with Gasteiger partial charge in [-0.3, -0.25) is 0 Å². The van der Waals surface area contributed by atoms with Gasteiger partial charge in [-0.05, 0) is 26.8 Å². The van der Waals surface area contributed by atoms with E-state index >= 15 is 0 Å². The summed E-state index contributed by atoms with van der Waals surface area (Å²) < 4.78 is 29.3. The minimum absolute atomic E-state index is 0.233. The monoisotopic (exact) mass is 328 g/mol. The lowest BCUT2D eigenvalue weighted by molar-refractivity contribution is 0.568. The molecule has 0 aliphatic heterocycles. The molecule has 0 amide bonds. The molecular weight excluding hydrogens is 308 g/mol. The van der Waals surface area contributed by atoms with Crippen molar-refractivity contribution in [2.24, 2.45) is 12.8 Å². The summed E-state index contributed by atoms with van der Waals surface area (Å²) in [5.74, 6) is 0. The van der Waals surface area contributed by atoms with Gasteiger partial charge in [0.15, 0.2) is 0 Å². The van der Waals surface area contributed by atoms with Crippen molar-refractivity contribution in [2.45, 2.75) is 38.3 Å². The number of nitrogens with zero attached hydrogens (tertiary/aromatic N) is 2. The lowest BCUT2D eigenvalue weighted by Crippen LogP contribution is -2.26. The molecule has 0 fully saturated rings. The Labute approximate surface area is 129 Å². The molecule has 0 aliphatic rings. The molecular formula is C13H20N4O2S2. The molecule has 0 aliphatic carbocycles. The lowest BCUT2D eigenvalue weighted by atomic mass is 10.2. The van der Waals surface area contributed by atoms with E-state index in [-0.39, 0.29) is 10.9 Å². The highest BCUT2D eigenvalue weighted by Crippen LogP contribution is 2.26. The first-order valence-corrected chi connectivity index (χ1v) is 8.86. The number of nitrogens with one attached hydrogen (secondary N) is 1. The molecule has 2 aromatic rings. The van der Waals surface area contributed by atoms with Crippen LogP contribution in [0.15, 0.2) is 17.2 Å². The molecule has 0 aromatic carbocycles. The lowest BCUT2D eigenvalue weighted by Gasteiger charge is -2.12. The fraction of sp³-hybridized carbons (Fsp3) is 0.462. The van der Waals surface area contributed by atoms with Crippen LogP contribution in [0.25, 0.3) is 0 Å². The highest BCUT2D eigenvalue weighted by Gasteiger charge is 2.22. The first-order valence-electron chi connectivity index (χ1n) is 6.56. The Bertz CT molecular complexity index is 746. The van der Waals surface area contributed by atoms with Gasteiger partial charge in [0.25, 0.3) is 0 Å². The normalized spacial score (nSPS) is 13.6. The van der Waals surface area contributed by atoms with Crippen molar-refractivity contribution < 1.29 is 8.42 Å². The van der Waals surface area contributed by atoms with Crippen LogP contribution in [0.4, 0.5) is 0 Å². The molecule has 3 N–H and O–H groups in total. The van der Waals surface area contributed by atoms with E-state index in [1.807, 2.05) is 20.8 Å². The fourth-order valence-electron chi connectivity index (χ4n) is 2.23. The van der Waals surface area contributed by atoms with Crippen LogP contribution in [0.1, 0.15) is 34.2 Å². The molecule has 0 spiro atoms. The molecule has 2 aromatic heterocycles. The Kier molecular flexibility index (Phi) is 4.52. The van der Waals surface area contributed by atoms with Crippen LogP contribution >= 0.6 is 11.3 Å². The van der Waals surface area contributed by atoms with Gasteiger partial charge in [-0.25, -0.2) is 18.1 Å². The number of thiazole rings is 1. The highest BCUT2D eigenvalue weighted by atomic mass is 32.2. The minimum atomic E-state index is -3.57. The summed E-state index contributed by atoms with van der Waals surface area (Å²) in [5, 5.41) is 0.929. The van der Waals surface area contributed by atoms with Crippen molar-refractivity contribution >= 4 is 21.4 Å². The maximum Gasteiger partial charge on any atom is 0.242 e. The van der Waals surface area contributed by atoms with Gasteiger partial charge in [0.1, 0.15) is 0 Å². The van der Waals surface area contributed by atoms with Gasteiger partial charge < -0.3 is 10.3 Å². The van der Waals surface area contributed by atoms with E-state index < -0.39 is 10.0 Å². The maximum atomic E-state index is 12.4. The zero-order valence-electron chi connectivity index (χ0n) is 12.5. The van der Waals surface area contributed by atoms with E-state index in [2.05, 4.69) is 9.71 Å². The third-order valence-corrected chi connectivity index (χ3v) is 6.03. The van der Waals surface area contributed by atoms with Gasteiger partial charge in [0.05, 0.1) is 21.6 Å². The smallest absolute Gasteiger partial charge is 0.242 e. The summed E-state index contributed by atoms with van der Waals surface area (Å²) in [6.07, 6.45) is 1.57. The van der Waals surface area contributed by atoms with Gasteiger partial charge in [0.2, 0.25) is 10.0 Å².